The monoisotopic (exact) mass is 293 g/mol. The Hall–Kier alpha value is -1.39. The van der Waals surface area contributed by atoms with Crippen LogP contribution in [0.25, 0.3) is 0 Å². The van der Waals surface area contributed by atoms with Crippen LogP contribution < -0.4 is 10.1 Å². The molecule has 2 aromatic rings. The fraction of sp³-hybridized carbons (Fsp3) is 0.375. The van der Waals surface area contributed by atoms with Gasteiger partial charge in [-0.15, -0.1) is 11.3 Å². The van der Waals surface area contributed by atoms with Crippen molar-refractivity contribution in [3.05, 3.63) is 52.0 Å². The highest BCUT2D eigenvalue weighted by molar-refractivity contribution is 7.09. The summed E-state index contributed by atoms with van der Waals surface area (Å²) >= 11 is 1.75. The zero-order chi connectivity index (χ0) is 14.5. The van der Waals surface area contributed by atoms with E-state index in [0.29, 0.717) is 11.3 Å². The number of halogens is 1. The van der Waals surface area contributed by atoms with E-state index in [0.717, 1.165) is 6.42 Å². The smallest absolute Gasteiger partial charge is 0.131 e. The van der Waals surface area contributed by atoms with E-state index in [4.69, 9.17) is 4.74 Å². The molecule has 1 aromatic carbocycles. The van der Waals surface area contributed by atoms with Crippen LogP contribution in [0, 0.1) is 5.82 Å². The van der Waals surface area contributed by atoms with Gasteiger partial charge in [-0.1, -0.05) is 12.1 Å². The van der Waals surface area contributed by atoms with E-state index in [9.17, 15) is 4.39 Å². The van der Waals surface area contributed by atoms with E-state index in [1.165, 1.54) is 10.9 Å². The largest absolute Gasteiger partial charge is 0.496 e. The van der Waals surface area contributed by atoms with Gasteiger partial charge in [0.25, 0.3) is 0 Å². The molecule has 108 valence electrons. The van der Waals surface area contributed by atoms with Crippen LogP contribution in [0.4, 0.5) is 4.39 Å². The van der Waals surface area contributed by atoms with Crippen LogP contribution in [0.15, 0.2) is 35.7 Å². The van der Waals surface area contributed by atoms with Gasteiger partial charge in [0.15, 0.2) is 0 Å². The first-order chi connectivity index (χ1) is 9.61. The lowest BCUT2D eigenvalue weighted by atomic mass is 10.0. The minimum Gasteiger partial charge on any atom is -0.496 e. The number of benzene rings is 1. The van der Waals surface area contributed by atoms with Crippen LogP contribution in [0.2, 0.25) is 0 Å². The summed E-state index contributed by atoms with van der Waals surface area (Å²) in [7, 11) is 1.57. The van der Waals surface area contributed by atoms with Crippen molar-refractivity contribution in [1.29, 1.82) is 0 Å². The Balaban J connectivity index is 2.06. The topological polar surface area (TPSA) is 21.3 Å². The fourth-order valence-corrected chi connectivity index (χ4v) is 3.25. The average molecular weight is 293 g/mol. The van der Waals surface area contributed by atoms with E-state index in [2.05, 4.69) is 29.8 Å². The summed E-state index contributed by atoms with van der Waals surface area (Å²) in [6.45, 7) is 4.08. The molecule has 0 spiro atoms. The van der Waals surface area contributed by atoms with Crippen LogP contribution >= 0.6 is 11.3 Å². The lowest BCUT2D eigenvalue weighted by Crippen LogP contribution is -2.31. The molecule has 4 heteroatoms. The number of nitrogens with one attached hydrogen (secondary N) is 1. The van der Waals surface area contributed by atoms with Gasteiger partial charge in [-0.05, 0) is 43.8 Å². The van der Waals surface area contributed by atoms with Gasteiger partial charge >= 0.3 is 0 Å². The molecular formula is C16H20FNOS. The van der Waals surface area contributed by atoms with E-state index in [1.807, 2.05) is 6.92 Å². The normalized spacial score (nSPS) is 14.0. The molecule has 2 unspecified atom stereocenters. The number of thiophene rings is 1. The van der Waals surface area contributed by atoms with Gasteiger partial charge in [-0.25, -0.2) is 4.39 Å². The summed E-state index contributed by atoms with van der Waals surface area (Å²) in [6.07, 6.45) is 0.943. The first kappa shape index (κ1) is 15.0. The standard InChI is InChI=1S/C16H20FNOS/c1-11(10-13-6-5-9-20-13)18-12(2)16-14(17)7-4-8-15(16)19-3/h4-9,11-12,18H,10H2,1-3H3. The molecule has 0 aliphatic heterocycles. The van der Waals surface area contributed by atoms with Gasteiger partial charge in [-0.3, -0.25) is 0 Å². The van der Waals surface area contributed by atoms with Crippen molar-refractivity contribution in [2.45, 2.75) is 32.4 Å². The highest BCUT2D eigenvalue weighted by Crippen LogP contribution is 2.28. The summed E-state index contributed by atoms with van der Waals surface area (Å²) in [5, 5.41) is 5.51. The van der Waals surface area contributed by atoms with Crippen molar-refractivity contribution in [3.8, 4) is 5.75 Å². The van der Waals surface area contributed by atoms with E-state index < -0.39 is 0 Å². The maximum atomic E-state index is 14.0. The van der Waals surface area contributed by atoms with Crippen LogP contribution in [0.3, 0.4) is 0 Å². The second-order valence-corrected chi connectivity index (χ2v) is 5.96. The molecule has 20 heavy (non-hydrogen) atoms. The Morgan fingerprint density at radius 2 is 2.05 bits per heavy atom. The van der Waals surface area contributed by atoms with Crippen LogP contribution in [-0.4, -0.2) is 13.2 Å². The molecule has 0 radical (unpaired) electrons. The molecule has 0 aliphatic carbocycles. The summed E-state index contributed by atoms with van der Waals surface area (Å²) in [6, 6.07) is 9.28. The van der Waals surface area contributed by atoms with Gasteiger partial charge in [0.2, 0.25) is 0 Å². The molecule has 1 heterocycles. The summed E-state index contributed by atoms with van der Waals surface area (Å²) in [5.41, 5.74) is 0.591. The number of methoxy groups -OCH3 is 1. The first-order valence-corrected chi connectivity index (χ1v) is 7.60. The average Bonchev–Trinajstić information content (AvgIpc) is 2.90. The lowest BCUT2D eigenvalue weighted by molar-refractivity contribution is 0.386. The van der Waals surface area contributed by atoms with Crippen LogP contribution in [0.5, 0.6) is 5.75 Å². The summed E-state index contributed by atoms with van der Waals surface area (Å²) < 4.78 is 19.3. The Labute approximate surface area is 123 Å². The van der Waals surface area contributed by atoms with Gasteiger partial charge in [0.1, 0.15) is 11.6 Å². The predicted molar refractivity (Wildman–Crippen MR) is 82.0 cm³/mol. The molecule has 1 aromatic heterocycles. The molecule has 0 fully saturated rings. The number of hydrogen-bond donors (Lipinski definition) is 1. The first-order valence-electron chi connectivity index (χ1n) is 6.72. The SMILES string of the molecule is COc1cccc(F)c1C(C)NC(C)Cc1cccs1. The molecule has 0 bridgehead atoms. The molecule has 0 amide bonds. The quantitative estimate of drug-likeness (QED) is 0.862. The van der Waals surface area contributed by atoms with Crippen molar-refractivity contribution in [3.63, 3.8) is 0 Å². The highest BCUT2D eigenvalue weighted by Gasteiger charge is 2.18. The van der Waals surface area contributed by atoms with E-state index in [-0.39, 0.29) is 17.9 Å². The highest BCUT2D eigenvalue weighted by atomic mass is 32.1. The van der Waals surface area contributed by atoms with Crippen molar-refractivity contribution < 1.29 is 9.13 Å². The molecule has 2 nitrogen and oxygen atoms in total. The number of ether oxygens (including phenoxy) is 1. The third-order valence-electron chi connectivity index (χ3n) is 3.29. The van der Waals surface area contributed by atoms with Gasteiger partial charge in [0, 0.05) is 22.5 Å². The zero-order valence-corrected chi connectivity index (χ0v) is 12.8. The second kappa shape index (κ2) is 6.86. The third kappa shape index (κ3) is 3.58. The Morgan fingerprint density at radius 3 is 2.70 bits per heavy atom. The number of hydrogen-bond acceptors (Lipinski definition) is 3. The molecule has 0 aliphatic rings. The number of rotatable bonds is 6. The molecule has 2 rings (SSSR count). The van der Waals surface area contributed by atoms with E-state index >= 15 is 0 Å². The van der Waals surface area contributed by atoms with Crippen molar-refractivity contribution in [2.75, 3.05) is 7.11 Å². The Bertz CT molecular complexity index is 541. The zero-order valence-electron chi connectivity index (χ0n) is 12.0. The summed E-state index contributed by atoms with van der Waals surface area (Å²) in [4.78, 5) is 1.33. The minimum absolute atomic E-state index is 0.0962. The maximum Gasteiger partial charge on any atom is 0.131 e. The fourth-order valence-electron chi connectivity index (χ4n) is 2.42. The maximum absolute atomic E-state index is 14.0. The molecule has 0 saturated carbocycles. The van der Waals surface area contributed by atoms with Gasteiger partial charge in [0.05, 0.1) is 7.11 Å². The van der Waals surface area contributed by atoms with Crippen LogP contribution in [-0.2, 0) is 6.42 Å². The molecule has 0 saturated heterocycles. The van der Waals surface area contributed by atoms with Crippen LogP contribution in [0.1, 0.15) is 30.3 Å². The third-order valence-corrected chi connectivity index (χ3v) is 4.19. The second-order valence-electron chi connectivity index (χ2n) is 4.93. The van der Waals surface area contributed by atoms with Crippen molar-refractivity contribution >= 4 is 11.3 Å². The molecule has 2 atom stereocenters. The van der Waals surface area contributed by atoms with Crippen molar-refractivity contribution in [1.82, 2.24) is 5.32 Å². The molecular weight excluding hydrogens is 273 g/mol. The molecule has 1 N–H and O–H groups in total. The lowest BCUT2D eigenvalue weighted by Gasteiger charge is -2.22. The van der Waals surface area contributed by atoms with Crippen molar-refractivity contribution in [2.24, 2.45) is 0 Å². The summed E-state index contributed by atoms with van der Waals surface area (Å²) in [5.74, 6) is 0.362. The van der Waals surface area contributed by atoms with E-state index in [1.54, 1.807) is 30.6 Å². The van der Waals surface area contributed by atoms with Gasteiger partial charge < -0.3 is 10.1 Å². The predicted octanol–water partition coefficient (Wildman–Crippen LogP) is 4.18. The Kier molecular flexibility index (Phi) is 5.15. The Morgan fingerprint density at radius 1 is 1.25 bits per heavy atom. The minimum atomic E-state index is -0.229. The van der Waals surface area contributed by atoms with Gasteiger partial charge in [-0.2, -0.15) is 0 Å².